The molecule has 4 atom stereocenters. The molecule has 0 radical (unpaired) electrons. The van der Waals surface area contributed by atoms with Crippen LogP contribution < -0.4 is 10.1 Å². The van der Waals surface area contributed by atoms with Gasteiger partial charge in [-0.2, -0.15) is 0 Å². The minimum atomic E-state index is -0.943. The highest BCUT2D eigenvalue weighted by molar-refractivity contribution is 5.96. The topological polar surface area (TPSA) is 99.1 Å². The Bertz CT molecular complexity index is 863. The van der Waals surface area contributed by atoms with Gasteiger partial charge in [-0.05, 0) is 37.3 Å². The number of rotatable bonds is 8. The number of ether oxygens (including phenoxy) is 1. The molecule has 0 bridgehead atoms. The van der Waals surface area contributed by atoms with E-state index in [2.05, 4.69) is 19.2 Å². The normalized spacial score (nSPS) is 26.5. The van der Waals surface area contributed by atoms with Crippen molar-refractivity contribution in [1.29, 1.82) is 0 Å². The van der Waals surface area contributed by atoms with Crippen LogP contribution in [0.5, 0.6) is 5.75 Å². The fraction of sp³-hybridized carbons (Fsp3) is 0.583. The first-order valence-electron chi connectivity index (χ1n) is 11.3. The van der Waals surface area contributed by atoms with E-state index in [1.54, 1.807) is 11.0 Å². The second-order valence-electron chi connectivity index (χ2n) is 9.17. The predicted molar refractivity (Wildman–Crippen MR) is 115 cm³/mol. The lowest BCUT2D eigenvalue weighted by atomic mass is 9.77. The number of fused-ring (bicyclic) bond motifs is 3. The van der Waals surface area contributed by atoms with Gasteiger partial charge >= 0.3 is 0 Å². The average molecular weight is 429 g/mol. The van der Waals surface area contributed by atoms with Crippen LogP contribution in [0.1, 0.15) is 44.6 Å². The number of para-hydroxylation sites is 1. The summed E-state index contributed by atoms with van der Waals surface area (Å²) < 4.78 is 6.11. The van der Waals surface area contributed by atoms with Gasteiger partial charge in [0.25, 0.3) is 0 Å². The molecule has 168 valence electrons. The van der Waals surface area contributed by atoms with Crippen molar-refractivity contribution >= 4 is 11.8 Å². The van der Waals surface area contributed by atoms with Crippen LogP contribution in [0.4, 0.5) is 0 Å². The van der Waals surface area contributed by atoms with E-state index >= 15 is 0 Å². The lowest BCUT2D eigenvalue weighted by molar-refractivity contribution is -0.138. The quantitative estimate of drug-likeness (QED) is 0.584. The summed E-state index contributed by atoms with van der Waals surface area (Å²) in [6.07, 6.45) is 2.74. The molecule has 1 aromatic carbocycles. The summed E-state index contributed by atoms with van der Waals surface area (Å²) in [4.78, 5) is 27.9. The van der Waals surface area contributed by atoms with Gasteiger partial charge in [-0.15, -0.1) is 0 Å². The fourth-order valence-electron chi connectivity index (χ4n) is 4.56. The molecule has 3 aliphatic rings. The summed E-state index contributed by atoms with van der Waals surface area (Å²) in [6.45, 7) is 4.72. The Hall–Kier alpha value is -2.38. The summed E-state index contributed by atoms with van der Waals surface area (Å²) in [5.74, 6) is 0.406. The third-order valence-electron chi connectivity index (χ3n) is 6.39. The van der Waals surface area contributed by atoms with Crippen LogP contribution in [0.15, 0.2) is 35.9 Å². The van der Waals surface area contributed by atoms with E-state index in [-0.39, 0.29) is 30.9 Å². The summed E-state index contributed by atoms with van der Waals surface area (Å²) in [5, 5.41) is 23.2. The van der Waals surface area contributed by atoms with Crippen LogP contribution >= 0.6 is 0 Å². The van der Waals surface area contributed by atoms with Crippen molar-refractivity contribution in [3.8, 4) is 5.75 Å². The summed E-state index contributed by atoms with van der Waals surface area (Å²) >= 11 is 0. The van der Waals surface area contributed by atoms with Gasteiger partial charge in [0.15, 0.2) is 0 Å². The van der Waals surface area contributed by atoms with Crippen LogP contribution in [0.3, 0.4) is 0 Å². The molecule has 7 heteroatoms. The first-order valence-corrected chi connectivity index (χ1v) is 11.3. The summed E-state index contributed by atoms with van der Waals surface area (Å²) in [5.41, 5.74) is 1.34. The second kappa shape index (κ2) is 9.01. The van der Waals surface area contributed by atoms with Crippen LogP contribution in [0.2, 0.25) is 0 Å². The molecule has 0 aromatic heterocycles. The highest BCUT2D eigenvalue weighted by Crippen LogP contribution is 2.47. The zero-order valence-electron chi connectivity index (χ0n) is 18.2. The second-order valence-corrected chi connectivity index (χ2v) is 9.17. The van der Waals surface area contributed by atoms with E-state index in [0.717, 1.165) is 24.8 Å². The van der Waals surface area contributed by atoms with Gasteiger partial charge in [-0.25, -0.2) is 0 Å². The Balaban J connectivity index is 1.71. The van der Waals surface area contributed by atoms with Crippen LogP contribution in [0, 0.1) is 11.8 Å². The standard InChI is InChI=1S/C24H32N2O5/c1-14(2)9-11-26(24(30)15-7-8-15)18-13-17(23(29)25-10-12-27)20-16-5-3-4-6-19(16)31-22(20)21(18)28/h3-6,13-15,18,20-22,27-28H,7-12H2,1-2H3,(H,25,29). The zero-order valence-corrected chi connectivity index (χ0v) is 18.2. The first kappa shape index (κ1) is 21.8. The van der Waals surface area contributed by atoms with Crippen molar-refractivity contribution in [1.82, 2.24) is 10.2 Å². The summed E-state index contributed by atoms with van der Waals surface area (Å²) in [6, 6.07) is 6.87. The van der Waals surface area contributed by atoms with Crippen molar-refractivity contribution in [3.05, 3.63) is 41.5 Å². The van der Waals surface area contributed by atoms with Gasteiger partial charge in [-0.3, -0.25) is 9.59 Å². The number of aliphatic hydroxyl groups excluding tert-OH is 2. The fourth-order valence-corrected chi connectivity index (χ4v) is 4.56. The maximum Gasteiger partial charge on any atom is 0.247 e. The molecular weight excluding hydrogens is 396 g/mol. The van der Waals surface area contributed by atoms with Crippen molar-refractivity contribution in [2.24, 2.45) is 11.8 Å². The van der Waals surface area contributed by atoms with E-state index in [4.69, 9.17) is 9.84 Å². The molecule has 1 aliphatic heterocycles. The minimum Gasteiger partial charge on any atom is -0.486 e. The van der Waals surface area contributed by atoms with Gasteiger partial charge in [0.05, 0.1) is 18.6 Å². The zero-order chi connectivity index (χ0) is 22.1. The Labute approximate surface area is 183 Å². The highest BCUT2D eigenvalue weighted by Gasteiger charge is 2.51. The average Bonchev–Trinajstić information content (AvgIpc) is 3.53. The Kier molecular flexibility index (Phi) is 6.34. The number of hydrogen-bond acceptors (Lipinski definition) is 5. The van der Waals surface area contributed by atoms with Crippen LogP contribution in [0.25, 0.3) is 0 Å². The molecular formula is C24H32N2O5. The predicted octanol–water partition coefficient (Wildman–Crippen LogP) is 1.59. The van der Waals surface area contributed by atoms with Crippen molar-refractivity contribution < 1.29 is 24.5 Å². The monoisotopic (exact) mass is 428 g/mol. The highest BCUT2D eigenvalue weighted by atomic mass is 16.5. The number of nitrogens with one attached hydrogen (secondary N) is 1. The number of aliphatic hydroxyl groups is 2. The number of hydrogen-bond donors (Lipinski definition) is 3. The molecule has 1 heterocycles. The van der Waals surface area contributed by atoms with Gasteiger partial charge in [0.2, 0.25) is 11.8 Å². The third kappa shape index (κ3) is 4.34. The van der Waals surface area contributed by atoms with E-state index < -0.39 is 24.2 Å². The van der Waals surface area contributed by atoms with E-state index in [9.17, 15) is 14.7 Å². The van der Waals surface area contributed by atoms with E-state index in [0.29, 0.717) is 23.8 Å². The first-order chi connectivity index (χ1) is 14.9. The van der Waals surface area contributed by atoms with Gasteiger partial charge in [0.1, 0.15) is 18.0 Å². The molecule has 2 amide bonds. The largest absolute Gasteiger partial charge is 0.486 e. The number of nitrogens with zero attached hydrogens (tertiary/aromatic N) is 1. The molecule has 4 unspecified atom stereocenters. The molecule has 1 aromatic rings. The molecule has 2 aliphatic carbocycles. The maximum absolute atomic E-state index is 13.1. The smallest absolute Gasteiger partial charge is 0.247 e. The number of benzene rings is 1. The van der Waals surface area contributed by atoms with E-state index in [1.807, 2.05) is 24.3 Å². The Morgan fingerprint density at radius 2 is 2.00 bits per heavy atom. The van der Waals surface area contributed by atoms with Gasteiger partial charge < -0.3 is 25.2 Å². The lowest BCUT2D eigenvalue weighted by Gasteiger charge is -2.41. The molecule has 0 spiro atoms. The van der Waals surface area contributed by atoms with Crippen molar-refractivity contribution in [2.75, 3.05) is 19.7 Å². The Morgan fingerprint density at radius 3 is 2.68 bits per heavy atom. The Morgan fingerprint density at radius 1 is 1.26 bits per heavy atom. The third-order valence-corrected chi connectivity index (χ3v) is 6.39. The number of carbonyl (C=O) groups is 2. The number of amides is 2. The van der Waals surface area contributed by atoms with Crippen molar-refractivity contribution in [2.45, 2.75) is 57.3 Å². The molecule has 0 saturated heterocycles. The van der Waals surface area contributed by atoms with Crippen LogP contribution in [-0.4, -0.2) is 64.9 Å². The SMILES string of the molecule is CC(C)CCN(C(=O)C1CC1)C1C=C(C(=O)NCCO)C2c3ccccc3OC2C1O. The summed E-state index contributed by atoms with van der Waals surface area (Å²) in [7, 11) is 0. The molecule has 1 fully saturated rings. The molecule has 31 heavy (non-hydrogen) atoms. The van der Waals surface area contributed by atoms with E-state index in [1.165, 1.54) is 0 Å². The lowest BCUT2D eigenvalue weighted by Crippen LogP contribution is -2.56. The van der Waals surface area contributed by atoms with Gasteiger partial charge in [0, 0.05) is 30.1 Å². The molecule has 4 rings (SSSR count). The molecule has 3 N–H and O–H groups in total. The minimum absolute atomic E-state index is 0.0128. The maximum atomic E-state index is 13.1. The van der Waals surface area contributed by atoms with Gasteiger partial charge in [-0.1, -0.05) is 32.0 Å². The molecule has 1 saturated carbocycles. The number of carbonyl (C=O) groups excluding carboxylic acids is 2. The molecule has 7 nitrogen and oxygen atoms in total. The van der Waals surface area contributed by atoms with Crippen molar-refractivity contribution in [3.63, 3.8) is 0 Å². The van der Waals surface area contributed by atoms with Crippen LogP contribution in [-0.2, 0) is 9.59 Å².